The molecule has 1 aliphatic rings. The highest BCUT2D eigenvalue weighted by atomic mass is 79.9. The first kappa shape index (κ1) is 29.2. The first-order valence-corrected chi connectivity index (χ1v) is 13.8. The molecule has 43 heavy (non-hydrogen) atoms. The van der Waals surface area contributed by atoms with Gasteiger partial charge in [-0.25, -0.2) is 9.69 Å². The van der Waals surface area contributed by atoms with Crippen molar-refractivity contribution in [3.63, 3.8) is 0 Å². The number of carbonyl (C=O) groups is 3. The second-order valence-corrected chi connectivity index (χ2v) is 10.5. The Morgan fingerprint density at radius 2 is 1.49 bits per heavy atom. The van der Waals surface area contributed by atoms with Gasteiger partial charge in [-0.15, -0.1) is 0 Å². The number of barbiturate groups is 1. The molecule has 5 rings (SSSR count). The van der Waals surface area contributed by atoms with E-state index in [0.717, 1.165) is 21.6 Å². The number of nitro benzene ring substituents is 1. The molecule has 4 amide bonds. The molecule has 4 aromatic carbocycles. The van der Waals surface area contributed by atoms with Crippen molar-refractivity contribution in [2.75, 3.05) is 4.90 Å². The lowest BCUT2D eigenvalue weighted by molar-refractivity contribution is -0.384. The van der Waals surface area contributed by atoms with Crippen molar-refractivity contribution in [2.24, 2.45) is 0 Å². The average molecular weight is 642 g/mol. The van der Waals surface area contributed by atoms with E-state index >= 15 is 0 Å². The van der Waals surface area contributed by atoms with Gasteiger partial charge in [-0.3, -0.25) is 25.0 Å². The summed E-state index contributed by atoms with van der Waals surface area (Å²) in [6, 6.07) is 24.6. The van der Waals surface area contributed by atoms with Gasteiger partial charge < -0.3 is 9.47 Å². The normalized spacial score (nSPS) is 14.0. The minimum absolute atomic E-state index is 0.0104. The number of anilines is 1. The fourth-order valence-electron chi connectivity index (χ4n) is 4.20. The Bertz CT molecular complexity index is 1730. The molecule has 0 bridgehead atoms. The zero-order valence-electron chi connectivity index (χ0n) is 22.8. The van der Waals surface area contributed by atoms with E-state index in [0.29, 0.717) is 28.1 Å². The van der Waals surface area contributed by atoms with Gasteiger partial charge in [-0.05, 0) is 94.2 Å². The first-order chi connectivity index (χ1) is 20.7. The van der Waals surface area contributed by atoms with Crippen LogP contribution in [-0.2, 0) is 22.8 Å². The lowest BCUT2D eigenvalue weighted by atomic mass is 10.1. The van der Waals surface area contributed by atoms with Gasteiger partial charge in [-0.2, -0.15) is 0 Å². The van der Waals surface area contributed by atoms with E-state index in [4.69, 9.17) is 9.47 Å². The van der Waals surface area contributed by atoms with Crippen molar-refractivity contribution in [3.8, 4) is 11.5 Å². The van der Waals surface area contributed by atoms with Gasteiger partial charge in [0.25, 0.3) is 17.5 Å². The number of hydrogen-bond donors (Lipinski definition) is 1. The van der Waals surface area contributed by atoms with E-state index < -0.39 is 22.8 Å². The molecule has 1 fully saturated rings. The van der Waals surface area contributed by atoms with Crippen LogP contribution in [0.5, 0.6) is 11.5 Å². The second kappa shape index (κ2) is 12.7. The summed E-state index contributed by atoms with van der Waals surface area (Å²) >= 11 is 3.44. The molecule has 0 unspecified atom stereocenters. The summed E-state index contributed by atoms with van der Waals surface area (Å²) in [6.45, 7) is 2.54. The zero-order valence-corrected chi connectivity index (χ0v) is 24.4. The van der Waals surface area contributed by atoms with Gasteiger partial charge in [0.05, 0.1) is 15.1 Å². The summed E-state index contributed by atoms with van der Waals surface area (Å²) in [4.78, 5) is 49.8. The molecule has 1 saturated heterocycles. The Hall–Kier alpha value is -5.29. The number of imide groups is 2. The monoisotopic (exact) mass is 641 g/mol. The fourth-order valence-corrected chi connectivity index (χ4v) is 4.71. The van der Waals surface area contributed by atoms with Crippen molar-refractivity contribution in [1.29, 1.82) is 0 Å². The number of halogens is 1. The molecule has 1 aliphatic heterocycles. The van der Waals surface area contributed by atoms with Crippen LogP contribution in [0.15, 0.2) is 101 Å². The highest BCUT2D eigenvalue weighted by Crippen LogP contribution is 2.29. The van der Waals surface area contributed by atoms with Crippen LogP contribution in [0.3, 0.4) is 0 Å². The topological polar surface area (TPSA) is 128 Å². The molecule has 0 spiro atoms. The van der Waals surface area contributed by atoms with E-state index in [9.17, 15) is 24.5 Å². The van der Waals surface area contributed by atoms with Crippen molar-refractivity contribution in [1.82, 2.24) is 5.32 Å². The van der Waals surface area contributed by atoms with Crippen LogP contribution in [0, 0.1) is 17.0 Å². The first-order valence-electron chi connectivity index (χ1n) is 13.0. The number of hydrogen-bond acceptors (Lipinski definition) is 7. The minimum atomic E-state index is -0.850. The lowest BCUT2D eigenvalue weighted by Gasteiger charge is -2.26. The number of nitrogens with one attached hydrogen (secondary N) is 1. The van der Waals surface area contributed by atoms with Crippen LogP contribution in [0.2, 0.25) is 0 Å². The molecule has 0 aliphatic carbocycles. The van der Waals surface area contributed by atoms with Crippen molar-refractivity contribution >= 4 is 51.2 Å². The maximum atomic E-state index is 13.3. The van der Waals surface area contributed by atoms with Crippen molar-refractivity contribution < 1.29 is 28.8 Å². The number of nitrogens with zero attached hydrogens (tertiary/aromatic N) is 2. The largest absolute Gasteiger partial charge is 0.489 e. The average Bonchev–Trinajstić information content (AvgIpc) is 2.99. The van der Waals surface area contributed by atoms with Gasteiger partial charge >= 0.3 is 6.03 Å². The Morgan fingerprint density at radius 1 is 0.860 bits per heavy atom. The van der Waals surface area contributed by atoms with Crippen LogP contribution in [0.25, 0.3) is 6.08 Å². The highest BCUT2D eigenvalue weighted by molar-refractivity contribution is 9.10. The number of benzene rings is 4. The molecule has 1 N–H and O–H groups in total. The van der Waals surface area contributed by atoms with Crippen LogP contribution in [0.1, 0.15) is 22.3 Å². The number of ether oxygens (including phenoxy) is 2. The highest BCUT2D eigenvalue weighted by Gasteiger charge is 2.36. The molecule has 0 aromatic heterocycles. The molecule has 10 nitrogen and oxygen atoms in total. The van der Waals surface area contributed by atoms with Crippen molar-refractivity contribution in [3.05, 3.63) is 133 Å². The van der Waals surface area contributed by atoms with E-state index in [1.54, 1.807) is 54.6 Å². The number of nitro groups is 1. The number of carbonyl (C=O) groups excluding carboxylic acids is 3. The quantitative estimate of drug-likeness (QED) is 0.0957. The van der Waals surface area contributed by atoms with E-state index in [1.165, 1.54) is 18.2 Å². The summed E-state index contributed by atoms with van der Waals surface area (Å²) in [7, 11) is 0. The van der Waals surface area contributed by atoms with Crippen molar-refractivity contribution in [2.45, 2.75) is 20.1 Å². The summed E-state index contributed by atoms with van der Waals surface area (Å²) in [6.07, 6.45) is 1.39. The Labute approximate surface area is 254 Å². The Kier molecular flexibility index (Phi) is 8.63. The van der Waals surface area contributed by atoms with Crippen LogP contribution < -0.4 is 19.7 Å². The van der Waals surface area contributed by atoms with E-state index in [2.05, 4.69) is 21.2 Å². The minimum Gasteiger partial charge on any atom is -0.489 e. The summed E-state index contributed by atoms with van der Waals surface area (Å²) < 4.78 is 12.2. The fraction of sp³-hybridized carbons (Fsp3) is 0.0938. The number of rotatable bonds is 9. The number of urea groups is 1. The van der Waals surface area contributed by atoms with E-state index in [1.807, 2.05) is 31.2 Å². The third-order valence-corrected chi connectivity index (χ3v) is 7.15. The lowest BCUT2D eigenvalue weighted by Crippen LogP contribution is -2.54. The second-order valence-electron chi connectivity index (χ2n) is 9.63. The molecule has 216 valence electrons. The molecular formula is C32H24BrN3O7. The molecular weight excluding hydrogens is 618 g/mol. The third-order valence-electron chi connectivity index (χ3n) is 6.53. The van der Waals surface area contributed by atoms with Crippen LogP contribution in [0.4, 0.5) is 16.2 Å². The van der Waals surface area contributed by atoms with E-state index in [-0.39, 0.29) is 23.6 Å². The van der Waals surface area contributed by atoms with Crippen LogP contribution >= 0.6 is 15.9 Å². The van der Waals surface area contributed by atoms with Gasteiger partial charge in [0, 0.05) is 12.1 Å². The van der Waals surface area contributed by atoms with Crippen LogP contribution in [-0.4, -0.2) is 22.8 Å². The summed E-state index contributed by atoms with van der Waals surface area (Å²) in [5.41, 5.74) is 3.46. The summed E-state index contributed by atoms with van der Waals surface area (Å²) in [5.74, 6) is -0.529. The predicted octanol–water partition coefficient (Wildman–Crippen LogP) is 6.49. The summed E-state index contributed by atoms with van der Waals surface area (Å²) in [5, 5.41) is 13.1. The standard InChI is InChI=1S/C32H24BrN3O7/c1-20-2-4-21(5-3-20)18-42-26-13-11-24(12-14-26)35-31(38)27(30(37)34-32(35)39)16-23-8-15-29(28(33)17-23)43-19-22-6-9-25(10-7-22)36(40)41/h2-17H,18-19H2,1H3,(H,34,37,39)/b27-16+. The number of amides is 4. The molecule has 0 radical (unpaired) electrons. The molecule has 0 atom stereocenters. The van der Waals surface area contributed by atoms with Gasteiger partial charge in [0.15, 0.2) is 0 Å². The third kappa shape index (κ3) is 6.96. The molecule has 4 aromatic rings. The number of non-ortho nitro benzene ring substituents is 1. The SMILES string of the molecule is Cc1ccc(COc2ccc(N3C(=O)NC(=O)/C(=C\c4ccc(OCc5ccc([N+](=O)[O-])cc5)c(Br)c4)C3=O)cc2)cc1. The molecule has 11 heteroatoms. The molecule has 1 heterocycles. The molecule has 0 saturated carbocycles. The maximum Gasteiger partial charge on any atom is 0.335 e. The Balaban J connectivity index is 1.27. The predicted molar refractivity (Wildman–Crippen MR) is 163 cm³/mol. The van der Waals surface area contributed by atoms with Gasteiger partial charge in [0.1, 0.15) is 30.3 Å². The van der Waals surface area contributed by atoms with Gasteiger partial charge in [-0.1, -0.05) is 35.9 Å². The maximum absolute atomic E-state index is 13.3. The van der Waals surface area contributed by atoms with Gasteiger partial charge in [0.2, 0.25) is 0 Å². The smallest absolute Gasteiger partial charge is 0.335 e. The zero-order chi connectivity index (χ0) is 30.5. The number of aryl methyl sites for hydroxylation is 1. The Morgan fingerprint density at radius 3 is 2.12 bits per heavy atom.